The molecular formula is C5H8BFO2. The Kier molecular flexibility index (Phi) is 4.31. The second kappa shape index (κ2) is 4.50. The lowest BCUT2D eigenvalue weighted by Gasteiger charge is -2.12. The highest BCUT2D eigenvalue weighted by molar-refractivity contribution is 5.98. The predicted molar refractivity (Wildman–Crippen MR) is 31.9 cm³/mol. The molecule has 0 aliphatic rings. The molecule has 0 rings (SSSR count). The fourth-order valence-electron chi connectivity index (χ4n) is 0.446. The highest BCUT2D eigenvalue weighted by atomic mass is 19.1. The van der Waals surface area contributed by atoms with Gasteiger partial charge in [0.05, 0.1) is 6.10 Å². The molecule has 0 aliphatic heterocycles. The zero-order valence-electron chi connectivity index (χ0n) is 5.21. The van der Waals surface area contributed by atoms with Gasteiger partial charge in [0.25, 0.3) is 8.05 Å². The standard InChI is InChI=1S/C5H8BFO2/c1-4(7)5(9-6)2-3-8/h3-5H,2H2,1H3/t4-,5+/m0/s1. The van der Waals surface area contributed by atoms with Crippen molar-refractivity contribution in [3.8, 4) is 0 Å². The minimum Gasteiger partial charge on any atom is -0.442 e. The topological polar surface area (TPSA) is 26.3 Å². The normalized spacial score (nSPS) is 16.7. The molecule has 0 saturated heterocycles. The van der Waals surface area contributed by atoms with Crippen LogP contribution in [0.15, 0.2) is 0 Å². The summed E-state index contributed by atoms with van der Waals surface area (Å²) in [5.41, 5.74) is 0. The molecule has 0 aliphatic carbocycles. The van der Waals surface area contributed by atoms with Gasteiger partial charge in [-0.25, -0.2) is 4.39 Å². The van der Waals surface area contributed by atoms with Crippen LogP contribution in [0.2, 0.25) is 0 Å². The van der Waals surface area contributed by atoms with Crippen LogP contribution in [0.3, 0.4) is 0 Å². The molecule has 0 bridgehead atoms. The zero-order valence-corrected chi connectivity index (χ0v) is 5.21. The van der Waals surface area contributed by atoms with E-state index in [1.165, 1.54) is 6.92 Å². The van der Waals surface area contributed by atoms with Crippen LogP contribution in [0.5, 0.6) is 0 Å². The van der Waals surface area contributed by atoms with Crippen LogP contribution in [0, 0.1) is 0 Å². The first kappa shape index (κ1) is 8.62. The summed E-state index contributed by atoms with van der Waals surface area (Å²) in [7, 11) is 4.66. The summed E-state index contributed by atoms with van der Waals surface area (Å²) in [4.78, 5) is 9.78. The highest BCUT2D eigenvalue weighted by Gasteiger charge is 2.13. The maximum Gasteiger partial charge on any atom is 0.283 e. The van der Waals surface area contributed by atoms with Crippen molar-refractivity contribution in [3.63, 3.8) is 0 Å². The Hall–Kier alpha value is -0.375. The first-order chi connectivity index (χ1) is 4.22. The molecule has 0 aromatic carbocycles. The molecule has 0 amide bonds. The number of alkyl halides is 1. The summed E-state index contributed by atoms with van der Waals surface area (Å²) in [6.45, 7) is 1.29. The molecule has 9 heavy (non-hydrogen) atoms. The molecule has 2 nitrogen and oxygen atoms in total. The Morgan fingerprint density at radius 2 is 2.44 bits per heavy atom. The third-order valence-corrected chi connectivity index (χ3v) is 1.02. The van der Waals surface area contributed by atoms with Crippen LogP contribution in [-0.4, -0.2) is 26.6 Å². The second-order valence-corrected chi connectivity index (χ2v) is 1.75. The molecule has 0 aromatic rings. The van der Waals surface area contributed by atoms with E-state index in [0.717, 1.165) is 0 Å². The Balaban J connectivity index is 3.53. The summed E-state index contributed by atoms with van der Waals surface area (Å²) in [5, 5.41) is 0. The van der Waals surface area contributed by atoms with Gasteiger partial charge in [-0.2, -0.15) is 0 Å². The first-order valence-corrected chi connectivity index (χ1v) is 2.65. The van der Waals surface area contributed by atoms with Crippen molar-refractivity contribution >= 4 is 14.3 Å². The van der Waals surface area contributed by atoms with Crippen molar-refractivity contribution in [2.24, 2.45) is 0 Å². The lowest BCUT2D eigenvalue weighted by atomic mass is 10.2. The first-order valence-electron chi connectivity index (χ1n) is 2.65. The zero-order chi connectivity index (χ0) is 7.28. The number of hydrogen-bond donors (Lipinski definition) is 0. The van der Waals surface area contributed by atoms with E-state index in [1.807, 2.05) is 0 Å². The SMILES string of the molecule is [B]O[C@H](CC=O)[C@H](C)F. The Morgan fingerprint density at radius 1 is 1.89 bits per heavy atom. The second-order valence-electron chi connectivity index (χ2n) is 1.75. The number of rotatable bonds is 4. The van der Waals surface area contributed by atoms with Gasteiger partial charge in [0.1, 0.15) is 12.5 Å². The van der Waals surface area contributed by atoms with Crippen molar-refractivity contribution in [2.75, 3.05) is 0 Å². The van der Waals surface area contributed by atoms with Crippen molar-refractivity contribution in [1.82, 2.24) is 0 Å². The van der Waals surface area contributed by atoms with Crippen molar-refractivity contribution in [1.29, 1.82) is 0 Å². The molecule has 0 saturated carbocycles. The summed E-state index contributed by atoms with van der Waals surface area (Å²) < 4.78 is 16.3. The number of halogens is 1. The summed E-state index contributed by atoms with van der Waals surface area (Å²) in [5.74, 6) is 0. The Labute approximate surface area is 54.8 Å². The molecule has 0 aromatic heterocycles. The van der Waals surface area contributed by atoms with Gasteiger partial charge in [0, 0.05) is 6.42 Å². The van der Waals surface area contributed by atoms with Crippen molar-refractivity contribution in [3.05, 3.63) is 0 Å². The number of carbonyl (C=O) groups is 1. The van der Waals surface area contributed by atoms with Gasteiger partial charge in [-0.15, -0.1) is 0 Å². The summed E-state index contributed by atoms with van der Waals surface area (Å²) >= 11 is 0. The van der Waals surface area contributed by atoms with E-state index in [9.17, 15) is 9.18 Å². The van der Waals surface area contributed by atoms with Gasteiger partial charge in [-0.05, 0) is 6.92 Å². The minimum atomic E-state index is -1.19. The molecule has 0 N–H and O–H groups in total. The fourth-order valence-corrected chi connectivity index (χ4v) is 0.446. The van der Waals surface area contributed by atoms with E-state index in [-0.39, 0.29) is 6.42 Å². The lowest BCUT2D eigenvalue weighted by Crippen LogP contribution is -2.22. The molecule has 2 atom stereocenters. The Bertz CT molecular complexity index is 87.0. The molecule has 0 spiro atoms. The Morgan fingerprint density at radius 3 is 2.56 bits per heavy atom. The van der Waals surface area contributed by atoms with Gasteiger partial charge in [-0.3, -0.25) is 0 Å². The van der Waals surface area contributed by atoms with Crippen LogP contribution in [0.25, 0.3) is 0 Å². The fraction of sp³-hybridized carbons (Fsp3) is 0.800. The van der Waals surface area contributed by atoms with Crippen LogP contribution in [-0.2, 0) is 9.45 Å². The van der Waals surface area contributed by atoms with Gasteiger partial charge in [-0.1, -0.05) is 0 Å². The van der Waals surface area contributed by atoms with Gasteiger partial charge in [0.15, 0.2) is 0 Å². The third kappa shape index (κ3) is 3.24. The third-order valence-electron chi connectivity index (χ3n) is 1.02. The van der Waals surface area contributed by atoms with Crippen LogP contribution in [0.1, 0.15) is 13.3 Å². The number of carbonyl (C=O) groups excluding carboxylic acids is 1. The van der Waals surface area contributed by atoms with Gasteiger partial charge >= 0.3 is 0 Å². The van der Waals surface area contributed by atoms with E-state index in [2.05, 4.69) is 12.7 Å². The molecule has 50 valence electrons. The monoisotopic (exact) mass is 130 g/mol. The summed E-state index contributed by atoms with van der Waals surface area (Å²) in [6, 6.07) is 0. The number of hydrogen-bond acceptors (Lipinski definition) is 2. The average Bonchev–Trinajstić information content (AvgIpc) is 1.82. The largest absolute Gasteiger partial charge is 0.442 e. The summed E-state index contributed by atoms with van der Waals surface area (Å²) in [6.07, 6.45) is -1.40. The molecule has 0 fully saturated rings. The van der Waals surface area contributed by atoms with E-state index in [0.29, 0.717) is 6.29 Å². The molecule has 2 radical (unpaired) electrons. The van der Waals surface area contributed by atoms with E-state index in [4.69, 9.17) is 0 Å². The smallest absolute Gasteiger partial charge is 0.283 e. The quantitative estimate of drug-likeness (QED) is 0.406. The van der Waals surface area contributed by atoms with Crippen LogP contribution < -0.4 is 0 Å². The molecule has 0 heterocycles. The van der Waals surface area contributed by atoms with E-state index < -0.39 is 12.3 Å². The predicted octanol–water partition coefficient (Wildman–Crippen LogP) is 0.402. The number of aldehydes is 1. The molecule has 0 unspecified atom stereocenters. The lowest BCUT2D eigenvalue weighted by molar-refractivity contribution is -0.109. The van der Waals surface area contributed by atoms with Crippen LogP contribution >= 0.6 is 0 Å². The molecular weight excluding hydrogens is 122 g/mol. The molecule has 4 heteroatoms. The van der Waals surface area contributed by atoms with E-state index >= 15 is 0 Å². The van der Waals surface area contributed by atoms with Crippen molar-refractivity contribution < 1.29 is 13.8 Å². The van der Waals surface area contributed by atoms with Gasteiger partial charge in [0.2, 0.25) is 0 Å². The average molecular weight is 130 g/mol. The maximum atomic E-state index is 12.2. The maximum absolute atomic E-state index is 12.2. The van der Waals surface area contributed by atoms with Gasteiger partial charge < -0.3 is 9.45 Å². The van der Waals surface area contributed by atoms with Crippen LogP contribution in [0.4, 0.5) is 4.39 Å². The minimum absolute atomic E-state index is 0.00810. The van der Waals surface area contributed by atoms with E-state index in [1.54, 1.807) is 0 Å². The van der Waals surface area contributed by atoms with Crippen molar-refractivity contribution in [2.45, 2.75) is 25.6 Å². The highest BCUT2D eigenvalue weighted by Crippen LogP contribution is 2.03.